The van der Waals surface area contributed by atoms with Crippen LogP contribution >= 0.6 is 0 Å². The number of nitrogens with zero attached hydrogens (tertiary/aromatic N) is 2. The van der Waals surface area contributed by atoms with Gasteiger partial charge in [-0.2, -0.15) is 5.26 Å². The fraction of sp³-hybridized carbons (Fsp3) is 0.222. The van der Waals surface area contributed by atoms with Gasteiger partial charge in [0.15, 0.2) is 0 Å². The average molecular weight is 291 g/mol. The molecule has 1 aliphatic carbocycles. The molecular weight excluding hydrogens is 274 g/mol. The molecule has 1 saturated carbocycles. The minimum absolute atomic E-state index is 0.415. The number of allylic oxidation sites excluding steroid dienone is 2. The van der Waals surface area contributed by atoms with Crippen LogP contribution in [0.1, 0.15) is 37.1 Å². The molecule has 1 fully saturated rings. The lowest BCUT2D eigenvalue weighted by Crippen LogP contribution is -2.05. The van der Waals surface area contributed by atoms with Crippen LogP contribution < -0.4 is 5.32 Å². The molecule has 1 aromatic heterocycles. The number of nitriles is 1. The number of rotatable bonds is 5. The van der Waals surface area contributed by atoms with Gasteiger partial charge in [-0.3, -0.25) is 0 Å². The van der Waals surface area contributed by atoms with Gasteiger partial charge in [0.1, 0.15) is 23.2 Å². The maximum Gasteiger partial charge on any atom is 0.226 e. The van der Waals surface area contributed by atoms with Crippen molar-refractivity contribution in [1.82, 2.24) is 10.3 Å². The Labute approximate surface area is 129 Å². The summed E-state index contributed by atoms with van der Waals surface area (Å²) >= 11 is 0. The smallest absolute Gasteiger partial charge is 0.226 e. The number of benzene rings is 1. The third-order valence-electron chi connectivity index (χ3n) is 3.71. The van der Waals surface area contributed by atoms with Gasteiger partial charge in [-0.25, -0.2) is 4.98 Å². The monoisotopic (exact) mass is 291 g/mol. The highest BCUT2D eigenvalue weighted by Crippen LogP contribution is 2.44. The van der Waals surface area contributed by atoms with Crippen LogP contribution in [0.2, 0.25) is 0 Å². The van der Waals surface area contributed by atoms with Crippen molar-refractivity contribution in [2.24, 2.45) is 0 Å². The molecule has 0 bridgehead atoms. The van der Waals surface area contributed by atoms with Gasteiger partial charge >= 0.3 is 0 Å². The van der Waals surface area contributed by atoms with E-state index >= 15 is 0 Å². The zero-order chi connectivity index (χ0) is 15.5. The number of hydrogen-bond acceptors (Lipinski definition) is 4. The van der Waals surface area contributed by atoms with E-state index in [-0.39, 0.29) is 0 Å². The minimum Gasteiger partial charge on any atom is -0.440 e. The van der Waals surface area contributed by atoms with Crippen LogP contribution in [0.3, 0.4) is 0 Å². The van der Waals surface area contributed by atoms with Gasteiger partial charge in [-0.05, 0) is 38.1 Å². The summed E-state index contributed by atoms with van der Waals surface area (Å²) in [7, 11) is 0. The number of hydrogen-bond donors (Lipinski definition) is 1. The first-order valence-corrected chi connectivity index (χ1v) is 7.29. The van der Waals surface area contributed by atoms with Gasteiger partial charge in [0.25, 0.3) is 0 Å². The van der Waals surface area contributed by atoms with Gasteiger partial charge in [0.2, 0.25) is 5.89 Å². The summed E-state index contributed by atoms with van der Waals surface area (Å²) in [6.45, 7) is 5.49. The number of oxazole rings is 1. The lowest BCUT2D eigenvalue weighted by Gasteiger charge is -2.03. The van der Waals surface area contributed by atoms with E-state index in [9.17, 15) is 5.26 Å². The molecule has 4 nitrogen and oxygen atoms in total. The maximum atomic E-state index is 9.28. The van der Waals surface area contributed by atoms with Crippen molar-refractivity contribution < 1.29 is 4.42 Å². The average Bonchev–Trinajstić information content (AvgIpc) is 3.31. The van der Waals surface area contributed by atoms with E-state index in [1.165, 1.54) is 6.20 Å². The molecule has 22 heavy (non-hydrogen) atoms. The molecule has 0 spiro atoms. The molecule has 2 aromatic rings. The Morgan fingerprint density at radius 1 is 1.41 bits per heavy atom. The van der Waals surface area contributed by atoms with E-state index in [1.54, 1.807) is 0 Å². The molecular formula is C18H17N3O. The van der Waals surface area contributed by atoms with Crippen LogP contribution in [-0.4, -0.2) is 4.98 Å². The highest BCUT2D eigenvalue weighted by molar-refractivity contribution is 5.71. The second kappa shape index (κ2) is 5.90. The van der Waals surface area contributed by atoms with Crippen LogP contribution in [0, 0.1) is 11.3 Å². The van der Waals surface area contributed by atoms with Crippen LogP contribution in [0.25, 0.3) is 17.0 Å². The van der Waals surface area contributed by atoms with Crippen LogP contribution in [0.5, 0.6) is 0 Å². The van der Waals surface area contributed by atoms with Crippen LogP contribution in [0.15, 0.2) is 53.2 Å². The molecule has 1 aromatic carbocycles. The van der Waals surface area contributed by atoms with Crippen molar-refractivity contribution in [1.29, 1.82) is 5.26 Å². The Balaban J connectivity index is 2.09. The second-order valence-corrected chi connectivity index (χ2v) is 5.33. The maximum absolute atomic E-state index is 9.28. The van der Waals surface area contributed by atoms with Crippen molar-refractivity contribution in [3.05, 3.63) is 60.3 Å². The second-order valence-electron chi connectivity index (χ2n) is 5.33. The zero-order valence-corrected chi connectivity index (χ0v) is 12.5. The van der Waals surface area contributed by atoms with Crippen molar-refractivity contribution in [2.45, 2.75) is 25.7 Å². The predicted molar refractivity (Wildman–Crippen MR) is 85.5 cm³/mol. The molecule has 0 radical (unpaired) electrons. The third kappa shape index (κ3) is 2.66. The summed E-state index contributed by atoms with van der Waals surface area (Å²) in [5.41, 5.74) is 2.95. The van der Waals surface area contributed by atoms with E-state index in [0.29, 0.717) is 17.5 Å². The summed E-state index contributed by atoms with van der Waals surface area (Å²) in [5.74, 6) is 1.90. The quantitative estimate of drug-likeness (QED) is 0.838. The zero-order valence-electron chi connectivity index (χ0n) is 12.5. The Bertz CT molecular complexity index is 761. The normalized spacial score (nSPS) is 14.9. The van der Waals surface area contributed by atoms with Gasteiger partial charge in [-0.15, -0.1) is 0 Å². The van der Waals surface area contributed by atoms with Gasteiger partial charge < -0.3 is 9.73 Å². The van der Waals surface area contributed by atoms with E-state index in [4.69, 9.17) is 4.42 Å². The fourth-order valence-corrected chi connectivity index (χ4v) is 2.37. The molecule has 110 valence electrons. The molecule has 0 saturated heterocycles. The van der Waals surface area contributed by atoms with E-state index in [1.807, 2.05) is 37.3 Å². The summed E-state index contributed by atoms with van der Waals surface area (Å²) in [6, 6.07) is 12.0. The van der Waals surface area contributed by atoms with Crippen LogP contribution in [-0.2, 0) is 0 Å². The van der Waals surface area contributed by atoms with Crippen LogP contribution in [0.4, 0.5) is 0 Å². The molecule has 3 rings (SSSR count). The Kier molecular flexibility index (Phi) is 3.80. The van der Waals surface area contributed by atoms with Gasteiger partial charge in [0, 0.05) is 17.1 Å². The number of aromatic nitrogens is 1. The highest BCUT2D eigenvalue weighted by atomic mass is 16.4. The summed E-state index contributed by atoms with van der Waals surface area (Å²) < 4.78 is 6.01. The SMILES string of the molecule is C=CN/C(C#N)=C(\C)c1nc(-c2ccccc2)oc1C1CC1. The molecule has 1 heterocycles. The molecule has 0 amide bonds. The lowest BCUT2D eigenvalue weighted by atomic mass is 10.1. The van der Waals surface area contributed by atoms with Crippen molar-refractivity contribution in [2.75, 3.05) is 0 Å². The molecule has 1 aliphatic rings. The Morgan fingerprint density at radius 3 is 2.73 bits per heavy atom. The lowest BCUT2D eigenvalue weighted by molar-refractivity contribution is 0.519. The van der Waals surface area contributed by atoms with Crippen molar-refractivity contribution in [3.8, 4) is 17.5 Å². The standard InChI is InChI=1S/C18H17N3O/c1-3-20-15(11-19)12(2)16-17(13-9-10-13)22-18(21-16)14-7-5-4-6-8-14/h3-8,13,20H,1,9-10H2,2H3/b15-12+. The predicted octanol–water partition coefficient (Wildman–Crippen LogP) is 4.21. The largest absolute Gasteiger partial charge is 0.440 e. The first-order valence-electron chi connectivity index (χ1n) is 7.29. The Hall–Kier alpha value is -2.80. The van der Waals surface area contributed by atoms with Gasteiger partial charge in [-0.1, -0.05) is 24.8 Å². The third-order valence-corrected chi connectivity index (χ3v) is 3.71. The summed E-state index contributed by atoms with van der Waals surface area (Å²) in [6.07, 6.45) is 3.72. The Morgan fingerprint density at radius 2 is 2.14 bits per heavy atom. The molecule has 0 atom stereocenters. The van der Waals surface area contributed by atoms with E-state index < -0.39 is 0 Å². The number of nitrogens with one attached hydrogen (secondary N) is 1. The molecule has 0 aliphatic heterocycles. The topological polar surface area (TPSA) is 61.9 Å². The van der Waals surface area contributed by atoms with Gasteiger partial charge in [0.05, 0.1) is 0 Å². The first-order chi connectivity index (χ1) is 10.7. The van der Waals surface area contributed by atoms with E-state index in [0.717, 1.165) is 35.4 Å². The van der Waals surface area contributed by atoms with Crippen molar-refractivity contribution >= 4 is 5.57 Å². The summed E-state index contributed by atoms with van der Waals surface area (Å²) in [5, 5.41) is 12.1. The van der Waals surface area contributed by atoms with Crippen molar-refractivity contribution in [3.63, 3.8) is 0 Å². The van der Waals surface area contributed by atoms with E-state index in [2.05, 4.69) is 22.9 Å². The molecule has 1 N–H and O–H groups in total. The fourth-order valence-electron chi connectivity index (χ4n) is 2.37. The highest BCUT2D eigenvalue weighted by Gasteiger charge is 2.32. The summed E-state index contributed by atoms with van der Waals surface area (Å²) in [4.78, 5) is 4.64. The molecule has 0 unspecified atom stereocenters. The minimum atomic E-state index is 0.415. The molecule has 4 heteroatoms. The first kappa shape index (κ1) is 14.2.